The van der Waals surface area contributed by atoms with E-state index in [1.54, 1.807) is 24.3 Å². The number of phenolic OH excluding ortho intramolecular Hbond substituents is 1. The van der Waals surface area contributed by atoms with Crippen molar-refractivity contribution in [2.75, 3.05) is 0 Å². The average Bonchev–Trinajstić information content (AvgIpc) is 2.20. The van der Waals surface area contributed by atoms with E-state index >= 15 is 0 Å². The van der Waals surface area contributed by atoms with Crippen LogP contribution in [-0.2, 0) is 11.2 Å². The molecule has 0 saturated carbocycles. The van der Waals surface area contributed by atoms with Crippen LogP contribution in [0.4, 0.5) is 0 Å². The zero-order chi connectivity index (χ0) is 11.4. The molecule has 1 unspecified atom stereocenters. The number of amides is 1. The zero-order valence-corrected chi connectivity index (χ0v) is 11.1. The van der Waals surface area contributed by atoms with Crippen molar-refractivity contribution in [2.24, 2.45) is 0 Å². The second kappa shape index (κ2) is 5.55. The Kier molecular flexibility index (Phi) is 4.66. The molecular formula is C10H11ClINO2. The van der Waals surface area contributed by atoms with E-state index in [-0.39, 0.29) is 17.2 Å². The fourth-order valence-corrected chi connectivity index (χ4v) is 1.62. The summed E-state index contributed by atoms with van der Waals surface area (Å²) in [4.78, 5) is 11.0. The Morgan fingerprint density at radius 2 is 2.07 bits per heavy atom. The third kappa shape index (κ3) is 3.87. The van der Waals surface area contributed by atoms with Crippen LogP contribution in [0, 0.1) is 0 Å². The fraction of sp³-hybridized carbons (Fsp3) is 0.300. The molecule has 0 aromatic heterocycles. The van der Waals surface area contributed by atoms with Gasteiger partial charge in [-0.25, -0.2) is 0 Å². The lowest BCUT2D eigenvalue weighted by Crippen LogP contribution is -2.27. The zero-order valence-electron chi connectivity index (χ0n) is 8.15. The highest BCUT2D eigenvalue weighted by molar-refractivity contribution is 14.1. The first-order valence-electron chi connectivity index (χ1n) is 4.38. The van der Waals surface area contributed by atoms with Crippen molar-refractivity contribution in [3.8, 4) is 5.75 Å². The maximum Gasteiger partial charge on any atom is 0.229 e. The fourth-order valence-electron chi connectivity index (χ4n) is 1.10. The minimum absolute atomic E-state index is 0.0746. The van der Waals surface area contributed by atoms with E-state index in [2.05, 4.69) is 0 Å². The van der Waals surface area contributed by atoms with Gasteiger partial charge in [0.25, 0.3) is 0 Å². The highest BCUT2D eigenvalue weighted by Gasteiger charge is 2.15. The molecule has 0 fully saturated rings. The topological polar surface area (TPSA) is 40.5 Å². The molecule has 82 valence electrons. The number of alkyl halides is 1. The van der Waals surface area contributed by atoms with Gasteiger partial charge in [-0.2, -0.15) is 0 Å². The normalized spacial score (nSPS) is 12.2. The van der Waals surface area contributed by atoms with E-state index in [0.717, 1.165) is 5.56 Å². The molecule has 1 amide bonds. The Morgan fingerprint density at radius 3 is 2.53 bits per heavy atom. The van der Waals surface area contributed by atoms with Crippen molar-refractivity contribution < 1.29 is 9.90 Å². The molecule has 0 spiro atoms. The summed E-state index contributed by atoms with van der Waals surface area (Å²) in [7, 11) is 0. The Hall–Kier alpha value is -0.490. The summed E-state index contributed by atoms with van der Waals surface area (Å²) >= 11 is 7.93. The van der Waals surface area contributed by atoms with Crippen LogP contribution in [0.3, 0.4) is 0 Å². The van der Waals surface area contributed by atoms with Gasteiger partial charge in [-0.15, -0.1) is 0 Å². The maximum atomic E-state index is 11.0. The van der Waals surface area contributed by atoms with Crippen LogP contribution in [0.25, 0.3) is 0 Å². The number of hydrogen-bond donors (Lipinski definition) is 1. The summed E-state index contributed by atoms with van der Waals surface area (Å²) in [5, 5.41) is 9.09. The lowest BCUT2D eigenvalue weighted by molar-refractivity contribution is -0.123. The van der Waals surface area contributed by atoms with Crippen molar-refractivity contribution in [2.45, 2.75) is 18.8 Å². The number of phenols is 1. The van der Waals surface area contributed by atoms with E-state index < -0.39 is 0 Å². The number of halogens is 2. The molecule has 0 radical (unpaired) electrons. The van der Waals surface area contributed by atoms with Crippen LogP contribution in [0.1, 0.15) is 12.5 Å². The third-order valence-corrected chi connectivity index (χ3v) is 3.92. The smallest absolute Gasteiger partial charge is 0.229 e. The molecule has 1 aromatic rings. The van der Waals surface area contributed by atoms with Crippen molar-refractivity contribution in [3.05, 3.63) is 29.8 Å². The molecule has 1 atom stereocenters. The van der Waals surface area contributed by atoms with E-state index in [1.807, 2.05) is 22.9 Å². The van der Waals surface area contributed by atoms with Gasteiger partial charge in [0.2, 0.25) is 5.91 Å². The van der Waals surface area contributed by atoms with Gasteiger partial charge >= 0.3 is 0 Å². The molecule has 0 bridgehead atoms. The first kappa shape index (κ1) is 12.6. The molecular weight excluding hydrogens is 328 g/mol. The first-order valence-corrected chi connectivity index (χ1v) is 5.78. The second-order valence-corrected chi connectivity index (χ2v) is 4.68. The molecule has 3 nitrogen and oxygen atoms in total. The summed E-state index contributed by atoms with van der Waals surface area (Å²) in [5.41, 5.74) is 0.614. The number of hydrogen-bond acceptors (Lipinski definition) is 2. The predicted octanol–water partition coefficient (Wildman–Crippen LogP) is 2.70. The van der Waals surface area contributed by atoms with Crippen LogP contribution in [0.5, 0.6) is 5.75 Å². The number of nitrogens with zero attached hydrogens (tertiary/aromatic N) is 1. The van der Waals surface area contributed by atoms with Gasteiger partial charge in [-0.1, -0.05) is 23.7 Å². The molecule has 0 heterocycles. The van der Waals surface area contributed by atoms with E-state index in [1.165, 1.54) is 10.0 Å². The second-order valence-electron chi connectivity index (χ2n) is 3.14. The third-order valence-electron chi connectivity index (χ3n) is 1.89. The van der Waals surface area contributed by atoms with E-state index in [0.29, 0.717) is 6.42 Å². The van der Waals surface area contributed by atoms with Crippen LogP contribution in [0.2, 0.25) is 0 Å². The molecule has 1 rings (SSSR count). The van der Waals surface area contributed by atoms with Gasteiger partial charge in [0, 0.05) is 13.3 Å². The lowest BCUT2D eigenvalue weighted by Gasteiger charge is -2.18. The highest BCUT2D eigenvalue weighted by atomic mass is 127. The largest absolute Gasteiger partial charge is 0.508 e. The molecule has 0 aliphatic carbocycles. The standard InChI is InChI=1S/C10H11ClINO2/c1-7(14)13(12)10(11)6-8-2-4-9(15)5-3-8/h2-5,10,15H,6H2,1H3. The van der Waals surface area contributed by atoms with E-state index in [9.17, 15) is 4.79 Å². The van der Waals surface area contributed by atoms with Crippen LogP contribution in [-0.4, -0.2) is 19.6 Å². The Balaban J connectivity index is 2.62. The van der Waals surface area contributed by atoms with Gasteiger partial charge in [-0.3, -0.25) is 7.91 Å². The van der Waals surface area contributed by atoms with Crippen LogP contribution >= 0.6 is 34.5 Å². The number of carbonyl (C=O) groups is 1. The van der Waals surface area contributed by atoms with Gasteiger partial charge in [0.05, 0.1) is 22.9 Å². The van der Waals surface area contributed by atoms with Crippen molar-refractivity contribution >= 4 is 40.4 Å². The summed E-state index contributed by atoms with van der Waals surface area (Å²) in [6.45, 7) is 1.47. The van der Waals surface area contributed by atoms with Crippen LogP contribution < -0.4 is 0 Å². The molecule has 15 heavy (non-hydrogen) atoms. The van der Waals surface area contributed by atoms with Crippen molar-refractivity contribution in [1.29, 1.82) is 0 Å². The molecule has 0 aliphatic heterocycles. The van der Waals surface area contributed by atoms with Crippen LogP contribution in [0.15, 0.2) is 24.3 Å². The number of aromatic hydroxyl groups is 1. The number of carbonyl (C=O) groups excluding carboxylic acids is 1. The highest BCUT2D eigenvalue weighted by Crippen LogP contribution is 2.18. The Bertz CT molecular complexity index is 342. The maximum absolute atomic E-state index is 11.0. The summed E-state index contributed by atoms with van der Waals surface area (Å²) in [5.74, 6) is 0.150. The molecule has 5 heteroatoms. The summed E-state index contributed by atoms with van der Waals surface area (Å²) in [6.07, 6.45) is 0.560. The molecule has 0 saturated heterocycles. The monoisotopic (exact) mass is 339 g/mol. The van der Waals surface area contributed by atoms with Gasteiger partial charge < -0.3 is 5.11 Å². The SMILES string of the molecule is CC(=O)N(I)C(Cl)Cc1ccc(O)cc1. The lowest BCUT2D eigenvalue weighted by atomic mass is 10.1. The quantitative estimate of drug-likeness (QED) is 0.398. The number of rotatable bonds is 3. The average molecular weight is 340 g/mol. The summed E-state index contributed by atoms with van der Waals surface area (Å²) < 4.78 is 1.45. The van der Waals surface area contributed by atoms with Crippen molar-refractivity contribution in [1.82, 2.24) is 3.11 Å². The molecule has 1 N–H and O–H groups in total. The first-order chi connectivity index (χ1) is 7.00. The van der Waals surface area contributed by atoms with Crippen molar-refractivity contribution in [3.63, 3.8) is 0 Å². The molecule has 1 aromatic carbocycles. The van der Waals surface area contributed by atoms with Gasteiger partial charge in [-0.05, 0) is 17.7 Å². The van der Waals surface area contributed by atoms with E-state index in [4.69, 9.17) is 16.7 Å². The van der Waals surface area contributed by atoms with Gasteiger partial charge in [0.15, 0.2) is 0 Å². The number of benzene rings is 1. The minimum Gasteiger partial charge on any atom is -0.508 e. The Labute approximate surface area is 108 Å². The Morgan fingerprint density at radius 1 is 1.53 bits per heavy atom. The molecule has 0 aliphatic rings. The van der Waals surface area contributed by atoms with Gasteiger partial charge in [0.1, 0.15) is 11.3 Å². The summed E-state index contributed by atoms with van der Waals surface area (Å²) in [6, 6.07) is 6.78. The predicted molar refractivity (Wildman–Crippen MR) is 68.0 cm³/mol. The minimum atomic E-state index is -0.368.